The van der Waals surface area contributed by atoms with Gasteiger partial charge in [0.25, 0.3) is 0 Å². The number of nitrogens with zero attached hydrogens (tertiary/aromatic N) is 3. The first-order chi connectivity index (χ1) is 15.1. The third-order valence-electron chi connectivity index (χ3n) is 5.46. The molecule has 0 saturated heterocycles. The maximum atomic E-state index is 12.0. The molecule has 0 aliphatic carbocycles. The molecule has 4 aromatic rings. The number of benzene rings is 2. The Morgan fingerprint density at radius 1 is 0.969 bits per heavy atom. The maximum Gasteiger partial charge on any atom is 0.384 e. The van der Waals surface area contributed by atoms with Gasteiger partial charge < -0.3 is 9.92 Å². The molecule has 2 heterocycles. The Kier molecular flexibility index (Phi) is 5.75. The van der Waals surface area contributed by atoms with Crippen LogP contribution < -0.4 is 9.92 Å². The van der Waals surface area contributed by atoms with Crippen LogP contribution in [0.4, 0.5) is 5.82 Å². The van der Waals surface area contributed by atoms with Gasteiger partial charge >= 0.3 is 10.3 Å². The summed E-state index contributed by atoms with van der Waals surface area (Å²) >= 11 is 0. The monoisotopic (exact) mass is 450 g/mol. The highest BCUT2D eigenvalue weighted by molar-refractivity contribution is 7.84. The molecular formula is C24H26N4O3S. The van der Waals surface area contributed by atoms with Gasteiger partial charge in [-0.15, -0.1) is 0 Å². The SMILES string of the molecule is Cc1ccc2c(c1)nc(N)c1ncc(CCc3ccc(OS(=O)(=O)N(C)C)c(C)c3)cc12. The number of hydrogen-bond acceptors (Lipinski definition) is 6. The minimum Gasteiger partial charge on any atom is -0.382 e. The van der Waals surface area contributed by atoms with Crippen molar-refractivity contribution in [3.8, 4) is 5.75 Å². The Morgan fingerprint density at radius 2 is 1.72 bits per heavy atom. The van der Waals surface area contributed by atoms with E-state index < -0.39 is 10.3 Å². The smallest absolute Gasteiger partial charge is 0.382 e. The van der Waals surface area contributed by atoms with Crippen LogP contribution >= 0.6 is 0 Å². The fourth-order valence-electron chi connectivity index (χ4n) is 3.64. The summed E-state index contributed by atoms with van der Waals surface area (Å²) in [6, 6.07) is 13.8. The second kappa shape index (κ2) is 8.37. The van der Waals surface area contributed by atoms with Crippen molar-refractivity contribution in [2.75, 3.05) is 19.8 Å². The van der Waals surface area contributed by atoms with Crippen LogP contribution in [-0.2, 0) is 23.1 Å². The zero-order valence-electron chi connectivity index (χ0n) is 18.6. The van der Waals surface area contributed by atoms with Gasteiger partial charge in [-0.2, -0.15) is 12.7 Å². The topological polar surface area (TPSA) is 98.4 Å². The van der Waals surface area contributed by atoms with E-state index in [0.29, 0.717) is 17.1 Å². The molecule has 2 aromatic heterocycles. The third kappa shape index (κ3) is 4.37. The molecule has 0 aliphatic rings. The van der Waals surface area contributed by atoms with E-state index in [2.05, 4.69) is 28.2 Å². The molecule has 0 spiro atoms. The van der Waals surface area contributed by atoms with E-state index >= 15 is 0 Å². The summed E-state index contributed by atoms with van der Waals surface area (Å²) in [4.78, 5) is 9.07. The molecule has 166 valence electrons. The molecule has 0 saturated carbocycles. The van der Waals surface area contributed by atoms with Crippen molar-refractivity contribution in [3.05, 3.63) is 70.9 Å². The second-order valence-electron chi connectivity index (χ2n) is 8.18. The summed E-state index contributed by atoms with van der Waals surface area (Å²) in [6.07, 6.45) is 3.41. The number of nitrogens with two attached hydrogens (primary N) is 1. The van der Waals surface area contributed by atoms with Gasteiger partial charge in [0.2, 0.25) is 0 Å². The second-order valence-corrected chi connectivity index (χ2v) is 9.93. The predicted molar refractivity (Wildman–Crippen MR) is 128 cm³/mol. The third-order valence-corrected chi connectivity index (χ3v) is 6.74. The van der Waals surface area contributed by atoms with Crippen LogP contribution in [0.25, 0.3) is 21.8 Å². The van der Waals surface area contributed by atoms with Crippen molar-refractivity contribution in [2.24, 2.45) is 0 Å². The van der Waals surface area contributed by atoms with E-state index in [-0.39, 0.29) is 0 Å². The molecule has 2 N–H and O–H groups in total. The van der Waals surface area contributed by atoms with Crippen LogP contribution in [0.3, 0.4) is 0 Å². The molecule has 0 fully saturated rings. The number of hydrogen-bond donors (Lipinski definition) is 1. The summed E-state index contributed by atoms with van der Waals surface area (Å²) in [5.41, 5.74) is 11.8. The van der Waals surface area contributed by atoms with Gasteiger partial charge in [-0.05, 0) is 67.1 Å². The maximum absolute atomic E-state index is 12.0. The van der Waals surface area contributed by atoms with Crippen LogP contribution in [0.1, 0.15) is 22.3 Å². The lowest BCUT2D eigenvalue weighted by Crippen LogP contribution is -2.27. The van der Waals surface area contributed by atoms with Crippen molar-refractivity contribution < 1.29 is 12.6 Å². The summed E-state index contributed by atoms with van der Waals surface area (Å²) in [5, 5.41) is 2.03. The molecule has 0 aliphatic heterocycles. The van der Waals surface area contributed by atoms with Crippen LogP contribution in [0.5, 0.6) is 5.75 Å². The number of aromatic nitrogens is 2. The van der Waals surface area contributed by atoms with Crippen molar-refractivity contribution >= 4 is 37.9 Å². The quantitative estimate of drug-likeness (QED) is 0.447. The fraction of sp³-hybridized carbons (Fsp3) is 0.250. The van der Waals surface area contributed by atoms with E-state index in [1.54, 1.807) is 6.07 Å². The molecule has 0 atom stereocenters. The lowest BCUT2D eigenvalue weighted by atomic mass is 10.0. The number of aryl methyl sites for hydroxylation is 4. The fourth-order valence-corrected chi connectivity index (χ4v) is 4.20. The first-order valence-corrected chi connectivity index (χ1v) is 11.7. The Labute approximate surface area is 188 Å². The highest BCUT2D eigenvalue weighted by Gasteiger charge is 2.17. The summed E-state index contributed by atoms with van der Waals surface area (Å²) in [6.45, 7) is 3.87. The van der Waals surface area contributed by atoms with Crippen LogP contribution in [0.2, 0.25) is 0 Å². The average Bonchev–Trinajstić information content (AvgIpc) is 2.73. The molecule has 0 unspecified atom stereocenters. The van der Waals surface area contributed by atoms with E-state index in [4.69, 9.17) is 9.92 Å². The number of nitrogen functional groups attached to an aromatic ring is 1. The zero-order valence-corrected chi connectivity index (χ0v) is 19.4. The Hall–Kier alpha value is -3.23. The zero-order chi connectivity index (χ0) is 23.0. The number of rotatable bonds is 6. The van der Waals surface area contributed by atoms with E-state index in [1.165, 1.54) is 14.1 Å². The minimum absolute atomic E-state index is 0.333. The van der Waals surface area contributed by atoms with Crippen molar-refractivity contribution in [2.45, 2.75) is 26.7 Å². The van der Waals surface area contributed by atoms with Crippen molar-refractivity contribution in [1.82, 2.24) is 14.3 Å². The number of anilines is 1. The molecule has 32 heavy (non-hydrogen) atoms. The highest BCUT2D eigenvalue weighted by Crippen LogP contribution is 2.28. The van der Waals surface area contributed by atoms with Crippen LogP contribution in [0, 0.1) is 13.8 Å². The van der Waals surface area contributed by atoms with Gasteiger partial charge in [0.15, 0.2) is 5.82 Å². The van der Waals surface area contributed by atoms with Crippen molar-refractivity contribution in [3.63, 3.8) is 0 Å². The van der Waals surface area contributed by atoms with Gasteiger partial charge in [-0.1, -0.05) is 24.3 Å². The Morgan fingerprint density at radius 3 is 2.44 bits per heavy atom. The molecule has 0 radical (unpaired) electrons. The summed E-state index contributed by atoms with van der Waals surface area (Å²) in [7, 11) is -0.907. The Bertz CT molecular complexity index is 1430. The molecule has 0 bridgehead atoms. The molecular weight excluding hydrogens is 424 g/mol. The van der Waals surface area contributed by atoms with Crippen LogP contribution in [0.15, 0.2) is 48.7 Å². The molecule has 2 aromatic carbocycles. The predicted octanol–water partition coefficient (Wildman–Crippen LogP) is 3.95. The largest absolute Gasteiger partial charge is 0.384 e. The van der Waals surface area contributed by atoms with Gasteiger partial charge in [0.05, 0.1) is 5.52 Å². The van der Waals surface area contributed by atoms with Crippen molar-refractivity contribution in [1.29, 1.82) is 0 Å². The standard InChI is InChI=1S/C24H26N4O3S/c1-15-5-9-19-20-13-18(14-26-23(20)24(25)27-21(19)11-15)7-6-17-8-10-22(16(2)12-17)31-32(29,30)28(3)4/h5,8-14H,6-7H2,1-4H3,(H2,25,27). The lowest BCUT2D eigenvalue weighted by molar-refractivity contribution is 0.420. The van der Waals surface area contributed by atoms with Crippen LogP contribution in [-0.4, -0.2) is 36.8 Å². The average molecular weight is 451 g/mol. The first-order valence-electron chi connectivity index (χ1n) is 10.3. The number of fused-ring (bicyclic) bond motifs is 3. The lowest BCUT2D eigenvalue weighted by Gasteiger charge is -2.14. The normalized spacial score (nSPS) is 12.0. The van der Waals surface area contributed by atoms with E-state index in [0.717, 1.165) is 55.7 Å². The van der Waals surface area contributed by atoms with E-state index in [9.17, 15) is 8.42 Å². The molecule has 8 heteroatoms. The highest BCUT2D eigenvalue weighted by atomic mass is 32.2. The molecule has 7 nitrogen and oxygen atoms in total. The Balaban J connectivity index is 1.58. The minimum atomic E-state index is -3.78. The summed E-state index contributed by atoms with van der Waals surface area (Å²) in [5.74, 6) is 0.767. The van der Waals surface area contributed by atoms with Gasteiger partial charge in [-0.25, -0.2) is 4.98 Å². The summed E-state index contributed by atoms with van der Waals surface area (Å²) < 4.78 is 30.2. The molecule has 0 amide bonds. The van der Waals surface area contributed by atoms with E-state index in [1.807, 2.05) is 38.2 Å². The van der Waals surface area contributed by atoms with Gasteiger partial charge in [0, 0.05) is 31.1 Å². The first kappa shape index (κ1) is 22.0. The van der Waals surface area contributed by atoms with Gasteiger partial charge in [0.1, 0.15) is 11.3 Å². The van der Waals surface area contributed by atoms with Gasteiger partial charge in [-0.3, -0.25) is 4.98 Å². The number of pyridine rings is 2. The molecule has 4 rings (SSSR count).